The highest BCUT2D eigenvalue weighted by molar-refractivity contribution is 5.96. The van der Waals surface area contributed by atoms with Crippen LogP contribution >= 0.6 is 0 Å². The average Bonchev–Trinajstić information content (AvgIpc) is 3.25. The molecule has 0 aromatic heterocycles. The highest BCUT2D eigenvalue weighted by atomic mass is 19.1. The zero-order valence-electron chi connectivity index (χ0n) is 15.3. The number of hydrogen-bond donors (Lipinski definition) is 1. The maximum atomic E-state index is 13.6. The molecular weight excluding hydrogens is 363 g/mol. The Kier molecular flexibility index (Phi) is 6.37. The Morgan fingerprint density at radius 1 is 1.00 bits per heavy atom. The van der Waals surface area contributed by atoms with Gasteiger partial charge in [0.25, 0.3) is 11.8 Å². The lowest BCUT2D eigenvalue weighted by atomic mass is 10.1. The van der Waals surface area contributed by atoms with Crippen molar-refractivity contribution >= 4 is 17.8 Å². The van der Waals surface area contributed by atoms with Crippen molar-refractivity contribution in [3.63, 3.8) is 0 Å². The highest BCUT2D eigenvalue weighted by Crippen LogP contribution is 2.22. The van der Waals surface area contributed by atoms with Gasteiger partial charge in [-0.3, -0.25) is 14.4 Å². The van der Waals surface area contributed by atoms with Crippen LogP contribution in [0.5, 0.6) is 0 Å². The Morgan fingerprint density at radius 2 is 1.64 bits per heavy atom. The molecule has 0 aliphatic carbocycles. The molecule has 28 heavy (non-hydrogen) atoms. The summed E-state index contributed by atoms with van der Waals surface area (Å²) in [6, 6.07) is 14.2. The molecule has 0 unspecified atom stereocenters. The van der Waals surface area contributed by atoms with Crippen LogP contribution in [0.25, 0.3) is 0 Å². The number of carbonyl (C=O) groups is 3. The van der Waals surface area contributed by atoms with Crippen molar-refractivity contribution in [2.24, 2.45) is 0 Å². The van der Waals surface area contributed by atoms with Gasteiger partial charge in [0.05, 0.1) is 5.56 Å². The van der Waals surface area contributed by atoms with Crippen LogP contribution in [0.4, 0.5) is 4.39 Å². The van der Waals surface area contributed by atoms with Gasteiger partial charge < -0.3 is 15.0 Å². The minimum atomic E-state index is -1.07. The number of halogens is 1. The van der Waals surface area contributed by atoms with Crippen LogP contribution in [0.15, 0.2) is 54.6 Å². The third kappa shape index (κ3) is 4.73. The second-order valence-electron chi connectivity index (χ2n) is 6.48. The first-order chi connectivity index (χ1) is 13.6. The number of nitrogens with one attached hydrogen (secondary N) is 1. The second-order valence-corrected chi connectivity index (χ2v) is 6.48. The van der Waals surface area contributed by atoms with Gasteiger partial charge in [-0.2, -0.15) is 0 Å². The second kappa shape index (κ2) is 9.12. The lowest BCUT2D eigenvalue weighted by Crippen LogP contribution is -2.37. The van der Waals surface area contributed by atoms with Crippen LogP contribution in [0, 0.1) is 5.82 Å². The monoisotopic (exact) mass is 384 g/mol. The fraction of sp³-hybridized carbons (Fsp3) is 0.286. The summed E-state index contributed by atoms with van der Waals surface area (Å²) in [5, 5.41) is 2.33. The molecule has 0 radical (unpaired) electrons. The van der Waals surface area contributed by atoms with Gasteiger partial charge in [0.2, 0.25) is 6.10 Å². The van der Waals surface area contributed by atoms with E-state index >= 15 is 0 Å². The van der Waals surface area contributed by atoms with Crippen LogP contribution in [0.1, 0.15) is 34.9 Å². The average molecular weight is 384 g/mol. The van der Waals surface area contributed by atoms with E-state index in [-0.39, 0.29) is 11.5 Å². The fourth-order valence-corrected chi connectivity index (χ4v) is 3.06. The van der Waals surface area contributed by atoms with E-state index in [2.05, 4.69) is 5.32 Å². The molecule has 1 aliphatic heterocycles. The van der Waals surface area contributed by atoms with Crippen LogP contribution in [-0.2, 0) is 14.3 Å². The molecule has 6 nitrogen and oxygen atoms in total. The minimum Gasteiger partial charge on any atom is -0.446 e. The number of amides is 2. The molecule has 0 spiro atoms. The van der Waals surface area contributed by atoms with Crippen LogP contribution < -0.4 is 5.32 Å². The summed E-state index contributed by atoms with van der Waals surface area (Å²) in [7, 11) is 0. The quantitative estimate of drug-likeness (QED) is 0.777. The van der Waals surface area contributed by atoms with Gasteiger partial charge in [-0.25, -0.2) is 4.39 Å². The predicted octanol–water partition coefficient (Wildman–Crippen LogP) is 2.46. The fourth-order valence-electron chi connectivity index (χ4n) is 3.06. The normalized spacial score (nSPS) is 14.4. The number of ether oxygens (including phenoxy) is 1. The number of benzene rings is 2. The SMILES string of the molecule is O=C(CNC(=O)c1ccccc1F)O[C@H](C(=O)N1CCCC1)c1ccccc1. The molecule has 2 aromatic carbocycles. The molecule has 146 valence electrons. The summed E-state index contributed by atoms with van der Waals surface area (Å²) in [4.78, 5) is 38.8. The molecule has 1 fully saturated rings. The number of rotatable bonds is 6. The number of nitrogens with zero attached hydrogens (tertiary/aromatic N) is 1. The van der Waals surface area contributed by atoms with Crippen molar-refractivity contribution < 1.29 is 23.5 Å². The van der Waals surface area contributed by atoms with E-state index in [0.29, 0.717) is 18.7 Å². The standard InChI is InChI=1S/C21H21FN2O4/c22-17-11-5-4-10-16(17)20(26)23-14-18(25)28-19(15-8-2-1-3-9-15)21(27)24-12-6-7-13-24/h1-5,8-11,19H,6-7,12-14H2,(H,23,26)/t19-/m0/s1. The van der Waals surface area contributed by atoms with E-state index in [1.54, 1.807) is 35.2 Å². The first kappa shape index (κ1) is 19.5. The lowest BCUT2D eigenvalue weighted by molar-refractivity contribution is -0.159. The van der Waals surface area contributed by atoms with Crippen LogP contribution in [0.3, 0.4) is 0 Å². The summed E-state index contributed by atoms with van der Waals surface area (Å²) >= 11 is 0. The Morgan fingerprint density at radius 3 is 2.32 bits per heavy atom. The summed E-state index contributed by atoms with van der Waals surface area (Å²) in [6.07, 6.45) is 0.761. The van der Waals surface area contributed by atoms with Crippen molar-refractivity contribution in [3.05, 3.63) is 71.5 Å². The highest BCUT2D eigenvalue weighted by Gasteiger charge is 2.31. The van der Waals surface area contributed by atoms with Crippen molar-refractivity contribution in [1.29, 1.82) is 0 Å². The zero-order valence-corrected chi connectivity index (χ0v) is 15.3. The van der Waals surface area contributed by atoms with Crippen molar-refractivity contribution in [2.45, 2.75) is 18.9 Å². The molecule has 1 atom stereocenters. The first-order valence-corrected chi connectivity index (χ1v) is 9.12. The number of hydrogen-bond acceptors (Lipinski definition) is 4. The molecule has 0 saturated carbocycles. The van der Waals surface area contributed by atoms with E-state index in [0.717, 1.165) is 18.9 Å². The molecule has 2 amide bonds. The summed E-state index contributed by atoms with van der Waals surface area (Å²) in [5.74, 6) is -2.46. The number of carbonyl (C=O) groups excluding carboxylic acids is 3. The third-order valence-electron chi connectivity index (χ3n) is 4.51. The van der Waals surface area contributed by atoms with Gasteiger partial charge in [-0.1, -0.05) is 42.5 Å². The van der Waals surface area contributed by atoms with Crippen molar-refractivity contribution in [3.8, 4) is 0 Å². The van der Waals surface area contributed by atoms with E-state index in [1.807, 2.05) is 0 Å². The molecule has 7 heteroatoms. The van der Waals surface area contributed by atoms with Crippen LogP contribution in [0.2, 0.25) is 0 Å². The van der Waals surface area contributed by atoms with E-state index < -0.39 is 30.3 Å². The molecule has 1 heterocycles. The predicted molar refractivity (Wildman–Crippen MR) is 99.8 cm³/mol. The largest absolute Gasteiger partial charge is 0.446 e. The number of esters is 1. The molecule has 1 aliphatic rings. The van der Waals surface area contributed by atoms with E-state index in [1.165, 1.54) is 18.2 Å². The zero-order chi connectivity index (χ0) is 19.9. The smallest absolute Gasteiger partial charge is 0.326 e. The minimum absolute atomic E-state index is 0.164. The van der Waals surface area contributed by atoms with Gasteiger partial charge in [0.15, 0.2) is 0 Å². The van der Waals surface area contributed by atoms with Gasteiger partial charge in [-0.15, -0.1) is 0 Å². The Bertz CT molecular complexity index is 850. The third-order valence-corrected chi connectivity index (χ3v) is 4.51. The lowest BCUT2D eigenvalue weighted by Gasteiger charge is -2.23. The molecule has 1 saturated heterocycles. The summed E-state index contributed by atoms with van der Waals surface area (Å²) in [6.45, 7) is 0.789. The Hall–Kier alpha value is -3.22. The first-order valence-electron chi connectivity index (χ1n) is 9.12. The molecule has 0 bridgehead atoms. The molecule has 1 N–H and O–H groups in total. The Balaban J connectivity index is 1.65. The van der Waals surface area contributed by atoms with Gasteiger partial charge in [0, 0.05) is 18.7 Å². The number of likely N-dealkylation sites (tertiary alicyclic amines) is 1. The molecule has 3 rings (SSSR count). The summed E-state index contributed by atoms with van der Waals surface area (Å²) < 4.78 is 19.0. The van der Waals surface area contributed by atoms with Gasteiger partial charge >= 0.3 is 5.97 Å². The molecule has 2 aromatic rings. The van der Waals surface area contributed by atoms with Gasteiger partial charge in [0.1, 0.15) is 12.4 Å². The van der Waals surface area contributed by atoms with E-state index in [4.69, 9.17) is 4.74 Å². The van der Waals surface area contributed by atoms with Crippen molar-refractivity contribution in [1.82, 2.24) is 10.2 Å². The topological polar surface area (TPSA) is 75.7 Å². The van der Waals surface area contributed by atoms with Crippen molar-refractivity contribution in [2.75, 3.05) is 19.6 Å². The maximum Gasteiger partial charge on any atom is 0.326 e. The van der Waals surface area contributed by atoms with E-state index in [9.17, 15) is 18.8 Å². The molecular formula is C21H21FN2O4. The summed E-state index contributed by atoms with van der Waals surface area (Å²) in [5.41, 5.74) is 0.399. The van der Waals surface area contributed by atoms with Gasteiger partial charge in [-0.05, 0) is 25.0 Å². The Labute approximate surface area is 162 Å². The van der Waals surface area contributed by atoms with Crippen LogP contribution in [-0.4, -0.2) is 42.3 Å². The maximum absolute atomic E-state index is 13.6.